The van der Waals surface area contributed by atoms with Crippen LogP contribution in [0.25, 0.3) is 0 Å². The Labute approximate surface area is 124 Å². The van der Waals surface area contributed by atoms with Crippen LogP contribution in [0.1, 0.15) is 32.0 Å². The molecule has 1 saturated heterocycles. The Hall–Kier alpha value is -0.230. The van der Waals surface area contributed by atoms with Crippen LogP contribution in [0.15, 0.2) is 6.20 Å². The summed E-state index contributed by atoms with van der Waals surface area (Å²) in [5.41, 5.74) is 1.07. The molecular formula is C13H22ClN3OS. The molecule has 0 radical (unpaired) electrons. The maximum absolute atomic E-state index is 6.34. The van der Waals surface area contributed by atoms with Crippen molar-refractivity contribution in [3.05, 3.63) is 16.9 Å². The minimum absolute atomic E-state index is 0.124. The molecule has 0 spiro atoms. The highest BCUT2D eigenvalue weighted by molar-refractivity contribution is 7.99. The van der Waals surface area contributed by atoms with Crippen LogP contribution >= 0.6 is 23.4 Å². The smallest absolute Gasteiger partial charge is 0.0876 e. The number of rotatable bonds is 6. The predicted octanol–water partition coefficient (Wildman–Crippen LogP) is 2.73. The quantitative estimate of drug-likeness (QED) is 0.877. The summed E-state index contributed by atoms with van der Waals surface area (Å²) in [4.78, 5) is 0. The number of aromatic nitrogens is 2. The summed E-state index contributed by atoms with van der Waals surface area (Å²) < 4.78 is 7.93. The average Bonchev–Trinajstić information content (AvgIpc) is 2.79. The van der Waals surface area contributed by atoms with E-state index in [1.807, 2.05) is 16.4 Å². The average molecular weight is 304 g/mol. The lowest BCUT2D eigenvalue weighted by Crippen LogP contribution is -2.39. The molecule has 1 aliphatic heterocycles. The summed E-state index contributed by atoms with van der Waals surface area (Å²) in [6, 6.07) is 0.124. The normalized spacial score (nSPS) is 21.5. The minimum atomic E-state index is 0.124. The molecule has 2 heterocycles. The molecule has 0 aromatic carbocycles. The molecule has 0 bridgehead atoms. The molecule has 0 amide bonds. The van der Waals surface area contributed by atoms with E-state index in [4.69, 9.17) is 16.3 Å². The number of hydrogen-bond acceptors (Lipinski definition) is 4. The zero-order valence-electron chi connectivity index (χ0n) is 11.6. The number of ether oxygens (including phenoxy) is 1. The number of likely N-dealkylation sites (N-methyl/N-ethyl adjacent to an activating group) is 1. The molecule has 1 N–H and O–H groups in total. The van der Waals surface area contributed by atoms with Crippen molar-refractivity contribution in [3.8, 4) is 0 Å². The van der Waals surface area contributed by atoms with Crippen molar-refractivity contribution in [3.63, 3.8) is 0 Å². The Bertz CT molecular complexity index is 393. The fourth-order valence-corrected chi connectivity index (χ4v) is 3.55. The van der Waals surface area contributed by atoms with Gasteiger partial charge in [-0.15, -0.1) is 0 Å². The molecular weight excluding hydrogens is 282 g/mol. The maximum atomic E-state index is 6.34. The number of aryl methyl sites for hydroxylation is 1. The van der Waals surface area contributed by atoms with E-state index in [9.17, 15) is 0 Å². The molecule has 1 aromatic heterocycles. The molecule has 2 atom stereocenters. The molecule has 1 aromatic rings. The van der Waals surface area contributed by atoms with E-state index in [1.54, 1.807) is 6.20 Å². The van der Waals surface area contributed by atoms with Crippen LogP contribution in [0.4, 0.5) is 0 Å². The van der Waals surface area contributed by atoms with Gasteiger partial charge in [0.05, 0.1) is 35.7 Å². The van der Waals surface area contributed by atoms with Gasteiger partial charge in [0.25, 0.3) is 0 Å². The predicted molar refractivity (Wildman–Crippen MR) is 81.0 cm³/mol. The van der Waals surface area contributed by atoms with Crippen molar-refractivity contribution in [2.24, 2.45) is 0 Å². The standard InChI is InChI=1S/C13H22ClN3OS/c1-3-5-17-13(10(14)8-16-17)12(15-4-2)11-9-19-7-6-18-11/h8,11-12,15H,3-7,9H2,1-2H3. The van der Waals surface area contributed by atoms with Gasteiger partial charge < -0.3 is 10.1 Å². The lowest BCUT2D eigenvalue weighted by atomic mass is 10.1. The van der Waals surface area contributed by atoms with Crippen molar-refractivity contribution in [2.45, 2.75) is 39.0 Å². The van der Waals surface area contributed by atoms with E-state index in [-0.39, 0.29) is 12.1 Å². The maximum Gasteiger partial charge on any atom is 0.0876 e. The molecule has 6 heteroatoms. The number of halogens is 1. The van der Waals surface area contributed by atoms with Gasteiger partial charge in [0.15, 0.2) is 0 Å². The van der Waals surface area contributed by atoms with E-state index in [0.717, 1.165) is 48.3 Å². The highest BCUT2D eigenvalue weighted by atomic mass is 35.5. The van der Waals surface area contributed by atoms with Crippen LogP contribution in [-0.2, 0) is 11.3 Å². The van der Waals surface area contributed by atoms with Crippen molar-refractivity contribution in [1.29, 1.82) is 0 Å². The van der Waals surface area contributed by atoms with Crippen molar-refractivity contribution in [1.82, 2.24) is 15.1 Å². The third kappa shape index (κ3) is 3.66. The van der Waals surface area contributed by atoms with Crippen molar-refractivity contribution in [2.75, 3.05) is 24.7 Å². The minimum Gasteiger partial charge on any atom is -0.374 e. The first-order valence-corrected chi connectivity index (χ1v) is 8.45. The third-order valence-electron chi connectivity index (χ3n) is 3.20. The van der Waals surface area contributed by atoms with Crippen LogP contribution in [0.5, 0.6) is 0 Å². The molecule has 0 saturated carbocycles. The van der Waals surface area contributed by atoms with Crippen LogP contribution in [0, 0.1) is 0 Å². The Morgan fingerprint density at radius 3 is 3.11 bits per heavy atom. The fraction of sp³-hybridized carbons (Fsp3) is 0.769. The summed E-state index contributed by atoms with van der Waals surface area (Å²) >= 11 is 8.29. The summed E-state index contributed by atoms with van der Waals surface area (Å²) in [6.07, 6.45) is 2.96. The lowest BCUT2D eigenvalue weighted by molar-refractivity contribution is 0.0448. The van der Waals surface area contributed by atoms with E-state index >= 15 is 0 Å². The number of hydrogen-bond donors (Lipinski definition) is 1. The van der Waals surface area contributed by atoms with E-state index in [0.29, 0.717) is 0 Å². The molecule has 0 aliphatic carbocycles. The van der Waals surface area contributed by atoms with Gasteiger partial charge in [0.1, 0.15) is 0 Å². The Morgan fingerprint density at radius 2 is 2.47 bits per heavy atom. The highest BCUT2D eigenvalue weighted by Crippen LogP contribution is 2.30. The molecule has 4 nitrogen and oxygen atoms in total. The van der Waals surface area contributed by atoms with Gasteiger partial charge in [-0.05, 0) is 13.0 Å². The van der Waals surface area contributed by atoms with E-state index in [1.165, 1.54) is 0 Å². The summed E-state index contributed by atoms with van der Waals surface area (Å²) in [7, 11) is 0. The largest absolute Gasteiger partial charge is 0.374 e. The number of nitrogens with zero attached hydrogens (tertiary/aromatic N) is 2. The molecule has 2 rings (SSSR count). The molecule has 1 fully saturated rings. The van der Waals surface area contributed by atoms with Crippen molar-refractivity contribution < 1.29 is 4.74 Å². The highest BCUT2D eigenvalue weighted by Gasteiger charge is 2.30. The van der Waals surface area contributed by atoms with Gasteiger partial charge in [-0.1, -0.05) is 25.4 Å². The topological polar surface area (TPSA) is 39.1 Å². The Kier molecular flexibility index (Phi) is 6.01. The Balaban J connectivity index is 2.24. The monoisotopic (exact) mass is 303 g/mol. The number of thioether (sulfide) groups is 1. The van der Waals surface area contributed by atoms with Gasteiger partial charge in [-0.25, -0.2) is 0 Å². The summed E-state index contributed by atoms with van der Waals surface area (Å²) in [6.45, 7) is 6.86. The van der Waals surface area contributed by atoms with Crippen LogP contribution in [-0.4, -0.2) is 40.5 Å². The third-order valence-corrected chi connectivity index (χ3v) is 4.51. The van der Waals surface area contributed by atoms with Crippen LogP contribution < -0.4 is 5.32 Å². The van der Waals surface area contributed by atoms with Gasteiger partial charge in [0.2, 0.25) is 0 Å². The van der Waals surface area contributed by atoms with E-state index < -0.39 is 0 Å². The van der Waals surface area contributed by atoms with Crippen LogP contribution in [0.2, 0.25) is 5.02 Å². The first-order valence-electron chi connectivity index (χ1n) is 6.91. The van der Waals surface area contributed by atoms with Gasteiger partial charge in [-0.3, -0.25) is 4.68 Å². The molecule has 108 valence electrons. The zero-order chi connectivity index (χ0) is 13.7. The second kappa shape index (κ2) is 7.53. The second-order valence-electron chi connectivity index (χ2n) is 4.62. The fourth-order valence-electron chi connectivity index (χ4n) is 2.39. The first kappa shape index (κ1) is 15.2. The number of nitrogens with one attached hydrogen (secondary N) is 1. The zero-order valence-corrected chi connectivity index (χ0v) is 13.1. The van der Waals surface area contributed by atoms with Crippen LogP contribution in [0.3, 0.4) is 0 Å². The lowest BCUT2D eigenvalue weighted by Gasteiger charge is -2.31. The Morgan fingerprint density at radius 1 is 1.63 bits per heavy atom. The van der Waals surface area contributed by atoms with E-state index in [2.05, 4.69) is 24.3 Å². The molecule has 19 heavy (non-hydrogen) atoms. The van der Waals surface area contributed by atoms with Gasteiger partial charge in [-0.2, -0.15) is 16.9 Å². The summed E-state index contributed by atoms with van der Waals surface area (Å²) in [5.74, 6) is 2.09. The second-order valence-corrected chi connectivity index (χ2v) is 6.18. The van der Waals surface area contributed by atoms with Gasteiger partial charge >= 0.3 is 0 Å². The summed E-state index contributed by atoms with van der Waals surface area (Å²) in [5, 5.41) is 8.63. The van der Waals surface area contributed by atoms with Gasteiger partial charge in [0, 0.05) is 18.1 Å². The first-order chi connectivity index (χ1) is 9.27. The molecule has 2 unspecified atom stereocenters. The SMILES string of the molecule is CCCn1ncc(Cl)c1C(NCC)C1CSCCO1. The molecule has 1 aliphatic rings. The van der Waals surface area contributed by atoms with Crippen molar-refractivity contribution >= 4 is 23.4 Å².